The molecule has 1 aliphatic heterocycles. The van der Waals surface area contributed by atoms with Crippen LogP contribution in [0.5, 0.6) is 0 Å². The molecular weight excluding hydrogens is 292 g/mol. The molecule has 1 atom stereocenters. The smallest absolute Gasteiger partial charge is 0.226 e. The van der Waals surface area contributed by atoms with Gasteiger partial charge in [0, 0.05) is 25.0 Å². The number of nitrogens with one attached hydrogen (secondary N) is 2. The molecular formula is C14H15ClN4O2. The Morgan fingerprint density at radius 1 is 1.43 bits per heavy atom. The summed E-state index contributed by atoms with van der Waals surface area (Å²) in [6.07, 6.45) is 0. The number of amides is 1. The van der Waals surface area contributed by atoms with E-state index in [0.29, 0.717) is 29.8 Å². The van der Waals surface area contributed by atoms with E-state index in [0.717, 1.165) is 5.56 Å². The van der Waals surface area contributed by atoms with Crippen LogP contribution in [0.25, 0.3) is 0 Å². The number of carbonyl (C=O) groups is 1. The first-order chi connectivity index (χ1) is 10.1. The molecule has 0 aliphatic carbocycles. The van der Waals surface area contributed by atoms with E-state index in [1.54, 1.807) is 19.1 Å². The van der Waals surface area contributed by atoms with Crippen LogP contribution >= 0.6 is 11.6 Å². The summed E-state index contributed by atoms with van der Waals surface area (Å²) in [4.78, 5) is 16.4. The predicted octanol–water partition coefficient (Wildman–Crippen LogP) is 1.46. The maximum Gasteiger partial charge on any atom is 0.226 e. The van der Waals surface area contributed by atoms with Crippen LogP contribution in [0.1, 0.15) is 23.3 Å². The Hall–Kier alpha value is -1.92. The highest BCUT2D eigenvalue weighted by Gasteiger charge is 2.29. The van der Waals surface area contributed by atoms with Crippen molar-refractivity contribution in [1.82, 2.24) is 20.8 Å². The van der Waals surface area contributed by atoms with Crippen molar-refractivity contribution < 1.29 is 9.32 Å². The molecule has 0 bridgehead atoms. The minimum atomic E-state index is -0.437. The monoisotopic (exact) mass is 306 g/mol. The lowest BCUT2D eigenvalue weighted by molar-refractivity contribution is -0.127. The van der Waals surface area contributed by atoms with E-state index in [9.17, 15) is 4.79 Å². The highest BCUT2D eigenvalue weighted by molar-refractivity contribution is 6.30. The van der Waals surface area contributed by atoms with Crippen LogP contribution in [-0.4, -0.2) is 29.1 Å². The fourth-order valence-electron chi connectivity index (χ4n) is 2.12. The largest absolute Gasteiger partial charge is 0.342 e. The second-order valence-corrected chi connectivity index (χ2v) is 5.46. The normalized spacial score (nSPS) is 16.3. The average molecular weight is 307 g/mol. The zero-order valence-electron chi connectivity index (χ0n) is 11.5. The predicted molar refractivity (Wildman–Crippen MR) is 76.8 cm³/mol. The first-order valence-corrected chi connectivity index (χ1v) is 7.08. The van der Waals surface area contributed by atoms with E-state index in [4.69, 9.17) is 16.1 Å². The molecule has 21 heavy (non-hydrogen) atoms. The molecule has 0 saturated carbocycles. The highest BCUT2D eigenvalue weighted by atomic mass is 35.5. The van der Waals surface area contributed by atoms with Crippen molar-refractivity contribution in [1.29, 1.82) is 0 Å². The number of benzene rings is 1. The van der Waals surface area contributed by atoms with E-state index < -0.39 is 6.04 Å². The molecule has 3 rings (SSSR count). The van der Waals surface area contributed by atoms with Gasteiger partial charge in [-0.1, -0.05) is 28.9 Å². The lowest BCUT2D eigenvalue weighted by Crippen LogP contribution is -2.51. The summed E-state index contributed by atoms with van der Waals surface area (Å²) in [6.45, 7) is 3.11. The summed E-state index contributed by atoms with van der Waals surface area (Å²) >= 11 is 5.91. The first kappa shape index (κ1) is 14.0. The lowest BCUT2D eigenvalue weighted by Gasteiger charge is -2.27. The Bertz CT molecular complexity index is 637. The molecule has 1 saturated heterocycles. The maximum absolute atomic E-state index is 12.2. The molecule has 110 valence electrons. The molecule has 0 radical (unpaired) electrons. The maximum atomic E-state index is 12.2. The second kappa shape index (κ2) is 5.83. The molecule has 1 amide bonds. The minimum Gasteiger partial charge on any atom is -0.342 e. The van der Waals surface area contributed by atoms with Crippen LogP contribution in [-0.2, 0) is 4.79 Å². The Kier molecular flexibility index (Phi) is 3.90. The van der Waals surface area contributed by atoms with Gasteiger partial charge in [-0.3, -0.25) is 4.79 Å². The van der Waals surface area contributed by atoms with E-state index in [1.807, 2.05) is 12.1 Å². The first-order valence-electron chi connectivity index (χ1n) is 6.70. The van der Waals surface area contributed by atoms with Gasteiger partial charge in [-0.15, -0.1) is 0 Å². The fourth-order valence-corrected chi connectivity index (χ4v) is 2.24. The van der Waals surface area contributed by atoms with Crippen LogP contribution in [0.4, 0.5) is 0 Å². The molecule has 1 fully saturated rings. The van der Waals surface area contributed by atoms with E-state index >= 15 is 0 Å². The van der Waals surface area contributed by atoms with Gasteiger partial charge in [-0.05, 0) is 17.7 Å². The molecule has 0 spiro atoms. The quantitative estimate of drug-likeness (QED) is 0.894. The third-order valence-electron chi connectivity index (χ3n) is 3.44. The number of nitrogens with zero attached hydrogens (tertiary/aromatic N) is 2. The SMILES string of the molecule is Cc1nc(C(NC(=O)C2CNC2)c2ccc(Cl)cc2)no1. The molecule has 6 nitrogen and oxygen atoms in total. The summed E-state index contributed by atoms with van der Waals surface area (Å²) in [7, 11) is 0. The zero-order valence-corrected chi connectivity index (χ0v) is 12.2. The third-order valence-corrected chi connectivity index (χ3v) is 3.70. The molecule has 1 aromatic heterocycles. The standard InChI is InChI=1S/C14H15ClN4O2/c1-8-17-13(19-21-8)12(9-2-4-11(15)5-3-9)18-14(20)10-6-16-7-10/h2-5,10,12,16H,6-7H2,1H3,(H,18,20). The number of rotatable bonds is 4. The number of aromatic nitrogens is 2. The zero-order chi connectivity index (χ0) is 14.8. The van der Waals surface area contributed by atoms with Gasteiger partial charge in [0.15, 0.2) is 5.82 Å². The average Bonchev–Trinajstić information content (AvgIpc) is 2.81. The summed E-state index contributed by atoms with van der Waals surface area (Å²) in [5, 5.41) is 10.6. The van der Waals surface area contributed by atoms with Crippen molar-refractivity contribution in [3.05, 3.63) is 46.6 Å². The van der Waals surface area contributed by atoms with Crippen LogP contribution in [0.3, 0.4) is 0 Å². The fraction of sp³-hybridized carbons (Fsp3) is 0.357. The lowest BCUT2D eigenvalue weighted by atomic mass is 10.0. The molecule has 2 aromatic rings. The Morgan fingerprint density at radius 3 is 2.67 bits per heavy atom. The number of hydrogen-bond acceptors (Lipinski definition) is 5. The molecule has 1 unspecified atom stereocenters. The Morgan fingerprint density at radius 2 is 2.14 bits per heavy atom. The summed E-state index contributed by atoms with van der Waals surface area (Å²) in [6, 6.07) is 6.80. The summed E-state index contributed by atoms with van der Waals surface area (Å²) < 4.78 is 5.02. The van der Waals surface area contributed by atoms with Crippen molar-refractivity contribution in [2.45, 2.75) is 13.0 Å². The minimum absolute atomic E-state index is 0.00667. The van der Waals surface area contributed by atoms with Gasteiger partial charge in [0.2, 0.25) is 11.8 Å². The number of halogens is 1. The summed E-state index contributed by atoms with van der Waals surface area (Å²) in [5.41, 5.74) is 0.862. The second-order valence-electron chi connectivity index (χ2n) is 5.02. The van der Waals surface area contributed by atoms with Crippen molar-refractivity contribution in [3.63, 3.8) is 0 Å². The van der Waals surface area contributed by atoms with Crippen LogP contribution in [0.2, 0.25) is 5.02 Å². The van der Waals surface area contributed by atoms with E-state index in [2.05, 4.69) is 20.8 Å². The van der Waals surface area contributed by atoms with Gasteiger partial charge >= 0.3 is 0 Å². The van der Waals surface area contributed by atoms with Crippen LogP contribution in [0.15, 0.2) is 28.8 Å². The summed E-state index contributed by atoms with van der Waals surface area (Å²) in [5.74, 6) is 0.878. The molecule has 1 aliphatic rings. The van der Waals surface area contributed by atoms with Crippen molar-refractivity contribution >= 4 is 17.5 Å². The van der Waals surface area contributed by atoms with Gasteiger partial charge in [-0.2, -0.15) is 4.98 Å². The van der Waals surface area contributed by atoms with E-state index in [1.165, 1.54) is 0 Å². The number of aryl methyl sites for hydroxylation is 1. The van der Waals surface area contributed by atoms with Crippen LogP contribution in [0, 0.1) is 12.8 Å². The molecule has 7 heteroatoms. The van der Waals surface area contributed by atoms with Crippen molar-refractivity contribution in [3.8, 4) is 0 Å². The van der Waals surface area contributed by atoms with Crippen molar-refractivity contribution in [2.75, 3.05) is 13.1 Å². The van der Waals surface area contributed by atoms with Gasteiger partial charge < -0.3 is 15.2 Å². The highest BCUT2D eigenvalue weighted by Crippen LogP contribution is 2.22. The molecule has 1 aromatic carbocycles. The van der Waals surface area contributed by atoms with Gasteiger partial charge in [0.25, 0.3) is 0 Å². The van der Waals surface area contributed by atoms with E-state index in [-0.39, 0.29) is 11.8 Å². The number of hydrogen-bond donors (Lipinski definition) is 2. The van der Waals surface area contributed by atoms with Crippen molar-refractivity contribution in [2.24, 2.45) is 5.92 Å². The van der Waals surface area contributed by atoms with Gasteiger partial charge in [-0.25, -0.2) is 0 Å². The molecule has 2 heterocycles. The topological polar surface area (TPSA) is 80.0 Å². The Labute approximate surface area is 126 Å². The van der Waals surface area contributed by atoms with Gasteiger partial charge in [0.05, 0.1) is 5.92 Å². The Balaban J connectivity index is 1.86. The molecule has 2 N–H and O–H groups in total. The third kappa shape index (κ3) is 3.06. The van der Waals surface area contributed by atoms with Crippen LogP contribution < -0.4 is 10.6 Å². The van der Waals surface area contributed by atoms with Gasteiger partial charge in [0.1, 0.15) is 6.04 Å². The number of carbonyl (C=O) groups excluding carboxylic acids is 1.